The summed E-state index contributed by atoms with van der Waals surface area (Å²) in [4.78, 5) is 43.3. The van der Waals surface area contributed by atoms with Crippen LogP contribution in [-0.4, -0.2) is 72.4 Å². The Bertz CT molecular complexity index is 3300. The van der Waals surface area contributed by atoms with Crippen LogP contribution < -0.4 is 30.1 Å². The highest BCUT2D eigenvalue weighted by Gasteiger charge is 2.51. The molecule has 7 aromatic carbocycles. The van der Waals surface area contributed by atoms with Crippen molar-refractivity contribution in [3.8, 4) is 22.8 Å². The number of methoxy groups -OCH3 is 2. The maximum absolute atomic E-state index is 13.6. The molecule has 0 unspecified atom stereocenters. The smallest absolute Gasteiger partial charge is 0.416 e. The van der Waals surface area contributed by atoms with Crippen LogP contribution in [0, 0.1) is 5.92 Å². The monoisotopic (exact) mass is 1030 g/mol. The third kappa shape index (κ3) is 10.3. The first-order valence-corrected chi connectivity index (χ1v) is 27.2. The molecule has 2 N–H and O–H groups in total. The van der Waals surface area contributed by atoms with Crippen LogP contribution in [0.15, 0.2) is 200 Å². The summed E-state index contributed by atoms with van der Waals surface area (Å²) in [5.41, 5.74) is 3.57. The van der Waals surface area contributed by atoms with Crippen molar-refractivity contribution in [1.29, 1.82) is 0 Å². The summed E-state index contributed by atoms with van der Waals surface area (Å²) >= 11 is 0. The summed E-state index contributed by atoms with van der Waals surface area (Å²) in [5.74, 6) is 0.678. The molecular weight excluding hydrogens is 969 g/mol. The summed E-state index contributed by atoms with van der Waals surface area (Å²) in [5, 5.41) is 15.6. The molecule has 0 aliphatic rings. The van der Waals surface area contributed by atoms with E-state index in [0.29, 0.717) is 45.3 Å². The van der Waals surface area contributed by atoms with Gasteiger partial charge in [0.1, 0.15) is 28.3 Å². The van der Waals surface area contributed by atoms with E-state index >= 15 is 0 Å². The van der Waals surface area contributed by atoms with Gasteiger partial charge >= 0.3 is 6.09 Å². The highest BCUT2D eigenvalue weighted by atomic mass is 28.4. The lowest BCUT2D eigenvalue weighted by atomic mass is 9.80. The Kier molecular flexibility index (Phi) is 15.6. The number of carboxylic acid groups (broad SMARTS) is 1. The van der Waals surface area contributed by atoms with Gasteiger partial charge in [0, 0.05) is 11.5 Å². The molecule has 0 saturated carbocycles. The molecule has 0 bridgehead atoms. The van der Waals surface area contributed by atoms with E-state index in [1.165, 1.54) is 4.90 Å². The van der Waals surface area contributed by atoms with Gasteiger partial charge in [0.05, 0.1) is 51.2 Å². The van der Waals surface area contributed by atoms with Gasteiger partial charge in [-0.05, 0) is 74.6 Å². The minimum Gasteiger partial charge on any atom is -0.497 e. The number of imidazole rings is 1. The van der Waals surface area contributed by atoms with Gasteiger partial charge in [-0.1, -0.05) is 186 Å². The zero-order valence-electron chi connectivity index (χ0n) is 43.8. The number of aromatic nitrogens is 4. The van der Waals surface area contributed by atoms with Crippen molar-refractivity contribution in [3.63, 3.8) is 0 Å². The Labute approximate surface area is 444 Å². The van der Waals surface area contributed by atoms with Crippen LogP contribution in [0.5, 0.6) is 11.5 Å². The molecule has 0 saturated heterocycles. The largest absolute Gasteiger partial charge is 0.497 e. The molecule has 9 rings (SSSR count). The molecule has 0 aliphatic heterocycles. The highest BCUT2D eigenvalue weighted by molar-refractivity contribution is 6.99. The molecule has 2 aromatic heterocycles. The lowest BCUT2D eigenvalue weighted by Crippen LogP contribution is -2.67. The maximum atomic E-state index is 13.6. The van der Waals surface area contributed by atoms with Crippen molar-refractivity contribution in [2.24, 2.45) is 5.92 Å². The van der Waals surface area contributed by atoms with Crippen LogP contribution in [0.25, 0.3) is 22.4 Å². The second-order valence-corrected chi connectivity index (χ2v) is 24.1. The van der Waals surface area contributed by atoms with Gasteiger partial charge in [-0.3, -0.25) is 10.1 Å². The number of fused-ring (bicyclic) bond motifs is 1. The van der Waals surface area contributed by atoms with E-state index in [2.05, 4.69) is 86.8 Å². The van der Waals surface area contributed by atoms with Crippen LogP contribution in [0.3, 0.4) is 0 Å². The summed E-state index contributed by atoms with van der Waals surface area (Å²) < 4.78 is 28.8. The Hall–Kier alpha value is -8.43. The third-order valence-electron chi connectivity index (χ3n) is 13.8. The molecule has 2 amide bonds. The Balaban J connectivity index is 1.29. The molecule has 13 nitrogen and oxygen atoms in total. The Morgan fingerprint density at radius 1 is 0.645 bits per heavy atom. The van der Waals surface area contributed by atoms with E-state index in [0.717, 1.165) is 27.1 Å². The SMILES string of the molecule is COc1ccc(C(OC[C@@H](CO[Si](c2ccccc2)(c2ccccc2)C(C)(C)C)n2cnc3c(-c4ccccc4N(C(=O)O)c4ccccc4)nc(NC(=O)C(C)C)nc32)(c2ccccc2)c2ccc(OC)cc2)cc1. The first kappa shape index (κ1) is 52.4. The molecule has 76 heavy (non-hydrogen) atoms. The number of amides is 2. The van der Waals surface area contributed by atoms with Crippen molar-refractivity contribution in [2.75, 3.05) is 37.7 Å². The van der Waals surface area contributed by atoms with E-state index in [1.54, 1.807) is 76.9 Å². The Morgan fingerprint density at radius 3 is 1.66 bits per heavy atom. The lowest BCUT2D eigenvalue weighted by molar-refractivity contribution is -0.118. The fourth-order valence-electron chi connectivity index (χ4n) is 9.97. The number of anilines is 3. The minimum absolute atomic E-state index is 0.0157. The van der Waals surface area contributed by atoms with Crippen molar-refractivity contribution < 1.29 is 33.3 Å². The van der Waals surface area contributed by atoms with Crippen LogP contribution >= 0.6 is 0 Å². The summed E-state index contributed by atoms with van der Waals surface area (Å²) in [7, 11) is 0.0658. The topological polar surface area (TPSA) is 150 Å². The fraction of sp³-hybridized carbons (Fsp3) is 0.210. The first-order chi connectivity index (χ1) is 36.8. The molecule has 386 valence electrons. The number of carbonyl (C=O) groups excluding carboxylic acids is 1. The number of rotatable bonds is 19. The van der Waals surface area contributed by atoms with E-state index < -0.39 is 32.0 Å². The quantitative estimate of drug-likeness (QED) is 0.0592. The Morgan fingerprint density at radius 2 is 1.14 bits per heavy atom. The molecule has 9 aromatic rings. The zero-order valence-corrected chi connectivity index (χ0v) is 44.8. The van der Waals surface area contributed by atoms with Crippen molar-refractivity contribution in [2.45, 2.75) is 51.3 Å². The van der Waals surface area contributed by atoms with E-state index in [4.69, 9.17) is 33.6 Å². The second kappa shape index (κ2) is 22.6. The minimum atomic E-state index is -3.22. The van der Waals surface area contributed by atoms with Crippen molar-refractivity contribution in [3.05, 3.63) is 217 Å². The summed E-state index contributed by atoms with van der Waals surface area (Å²) in [6, 6.07) is 62.1. The number of ether oxygens (including phenoxy) is 3. The normalized spacial score (nSPS) is 12.3. The van der Waals surface area contributed by atoms with Gasteiger partial charge in [0.2, 0.25) is 11.9 Å². The van der Waals surface area contributed by atoms with Crippen LogP contribution in [0.1, 0.15) is 57.4 Å². The number of nitrogens with one attached hydrogen (secondary N) is 1. The molecule has 0 radical (unpaired) electrons. The third-order valence-corrected chi connectivity index (χ3v) is 18.8. The van der Waals surface area contributed by atoms with Gasteiger partial charge < -0.3 is 28.3 Å². The summed E-state index contributed by atoms with van der Waals surface area (Å²) in [6.07, 6.45) is 0.510. The van der Waals surface area contributed by atoms with Gasteiger partial charge in [0.15, 0.2) is 5.65 Å². The molecule has 0 aliphatic carbocycles. The second-order valence-electron chi connectivity index (χ2n) is 19.8. The van der Waals surface area contributed by atoms with Crippen molar-refractivity contribution in [1.82, 2.24) is 19.5 Å². The van der Waals surface area contributed by atoms with Crippen molar-refractivity contribution >= 4 is 59.2 Å². The number of benzene rings is 7. The summed E-state index contributed by atoms with van der Waals surface area (Å²) in [6.45, 7) is 10.4. The molecule has 0 fully saturated rings. The number of hydrogen-bond donors (Lipinski definition) is 2. The number of hydrogen-bond acceptors (Lipinski definition) is 9. The van der Waals surface area contributed by atoms with E-state index in [1.807, 2.05) is 95.6 Å². The number of carbonyl (C=O) groups is 2. The maximum Gasteiger partial charge on any atom is 0.416 e. The van der Waals surface area contributed by atoms with Crippen LogP contribution in [0.4, 0.5) is 22.1 Å². The molecule has 2 heterocycles. The average molecular weight is 1030 g/mol. The first-order valence-electron chi connectivity index (χ1n) is 25.3. The molecular formula is C62H62N6O7Si. The standard InChI is InChI=1S/C62H62N6O7Si/c1-43(2)58(69)66-59-64-55(53-30-20-21-31-54(53)68(60(70)71)47-24-14-9-15-25-47)56-57(65-59)67(42-63-56)48(41-75-76(61(3,4)5,51-26-16-10-17-27-51)52-28-18-11-19-29-52)40-74-62(44-22-12-8-13-23-44,45-32-36-49(72-6)37-33-45)46-34-38-50(73-7)39-35-46/h8-39,42-43,48H,40-41H2,1-7H3,(H,70,71)(H,64,65,66,69)/t48-/m0/s1. The predicted octanol–water partition coefficient (Wildman–Crippen LogP) is 12.0. The molecule has 0 spiro atoms. The number of para-hydroxylation sites is 2. The number of nitrogens with zero attached hydrogens (tertiary/aromatic N) is 5. The van der Waals surface area contributed by atoms with E-state index in [-0.39, 0.29) is 30.1 Å². The average Bonchev–Trinajstić information content (AvgIpc) is 3.90. The van der Waals surface area contributed by atoms with Gasteiger partial charge in [-0.25, -0.2) is 19.7 Å². The van der Waals surface area contributed by atoms with Gasteiger partial charge in [-0.2, -0.15) is 4.98 Å². The lowest BCUT2D eigenvalue weighted by Gasteiger charge is -2.44. The van der Waals surface area contributed by atoms with Crippen LogP contribution in [-0.2, 0) is 19.6 Å². The fourth-order valence-corrected chi connectivity index (χ4v) is 14.6. The van der Waals surface area contributed by atoms with Gasteiger partial charge in [-0.15, -0.1) is 0 Å². The van der Waals surface area contributed by atoms with Crippen LogP contribution in [0.2, 0.25) is 5.04 Å². The van der Waals surface area contributed by atoms with E-state index in [9.17, 15) is 14.7 Å². The molecule has 14 heteroatoms. The molecule has 1 atom stereocenters. The highest BCUT2D eigenvalue weighted by Crippen LogP contribution is 2.44. The zero-order chi connectivity index (χ0) is 53.5. The predicted molar refractivity (Wildman–Crippen MR) is 302 cm³/mol. The van der Waals surface area contributed by atoms with Gasteiger partial charge in [0.25, 0.3) is 8.32 Å².